The fourth-order valence-electron chi connectivity index (χ4n) is 3.35. The first-order valence-electron chi connectivity index (χ1n) is 7.42. The molecule has 0 radical (unpaired) electrons. The van der Waals surface area contributed by atoms with Crippen LogP contribution < -0.4 is 5.32 Å². The van der Waals surface area contributed by atoms with Crippen molar-refractivity contribution < 1.29 is 8.78 Å². The van der Waals surface area contributed by atoms with Crippen molar-refractivity contribution in [2.75, 3.05) is 26.2 Å². The monoisotopic (exact) mass is 260 g/mol. The van der Waals surface area contributed by atoms with Crippen LogP contribution in [0.2, 0.25) is 0 Å². The van der Waals surface area contributed by atoms with Crippen molar-refractivity contribution in [3.8, 4) is 0 Å². The van der Waals surface area contributed by atoms with Gasteiger partial charge in [-0.25, -0.2) is 8.78 Å². The van der Waals surface area contributed by atoms with Crippen LogP contribution >= 0.6 is 0 Å². The molecule has 18 heavy (non-hydrogen) atoms. The lowest BCUT2D eigenvalue weighted by molar-refractivity contribution is 0.00342. The van der Waals surface area contributed by atoms with Crippen LogP contribution in [0.3, 0.4) is 0 Å². The third-order valence-corrected chi connectivity index (χ3v) is 4.22. The molecule has 1 saturated heterocycles. The highest BCUT2D eigenvalue weighted by atomic mass is 19.3. The van der Waals surface area contributed by atoms with Gasteiger partial charge in [0.15, 0.2) is 0 Å². The molecule has 1 aliphatic carbocycles. The van der Waals surface area contributed by atoms with E-state index >= 15 is 0 Å². The lowest BCUT2D eigenvalue weighted by Gasteiger charge is -2.26. The highest BCUT2D eigenvalue weighted by Gasteiger charge is 2.39. The molecular weight excluding hydrogens is 234 g/mol. The zero-order valence-electron chi connectivity index (χ0n) is 11.4. The molecular formula is C14H26F2N2. The van der Waals surface area contributed by atoms with E-state index in [4.69, 9.17) is 0 Å². The van der Waals surface area contributed by atoms with E-state index in [0.29, 0.717) is 12.5 Å². The van der Waals surface area contributed by atoms with Crippen LogP contribution in [0.1, 0.15) is 45.4 Å². The summed E-state index contributed by atoms with van der Waals surface area (Å²) < 4.78 is 26.4. The Morgan fingerprint density at radius 3 is 2.89 bits per heavy atom. The minimum Gasteiger partial charge on any atom is -0.313 e. The lowest BCUT2D eigenvalue weighted by Crippen LogP contribution is -2.39. The molecule has 106 valence electrons. The Labute approximate surface area is 109 Å². The van der Waals surface area contributed by atoms with Gasteiger partial charge in [-0.2, -0.15) is 0 Å². The Morgan fingerprint density at radius 2 is 2.22 bits per heavy atom. The Morgan fingerprint density at radius 1 is 1.39 bits per heavy atom. The van der Waals surface area contributed by atoms with Gasteiger partial charge in [-0.1, -0.05) is 13.3 Å². The molecule has 0 amide bonds. The maximum Gasteiger partial charge on any atom is 0.248 e. The highest BCUT2D eigenvalue weighted by molar-refractivity contribution is 4.85. The largest absolute Gasteiger partial charge is 0.313 e. The molecule has 0 aromatic rings. The van der Waals surface area contributed by atoms with Crippen LogP contribution in [-0.4, -0.2) is 43.0 Å². The maximum atomic E-state index is 13.2. The molecule has 1 aliphatic heterocycles. The van der Waals surface area contributed by atoms with Gasteiger partial charge in [0, 0.05) is 32.0 Å². The Bertz CT molecular complexity index is 258. The number of nitrogens with one attached hydrogen (secondary N) is 1. The summed E-state index contributed by atoms with van der Waals surface area (Å²) in [6.45, 7) is 6.25. The first-order valence-corrected chi connectivity index (χ1v) is 7.42. The molecule has 0 spiro atoms. The topological polar surface area (TPSA) is 15.3 Å². The van der Waals surface area contributed by atoms with Gasteiger partial charge in [-0.15, -0.1) is 0 Å². The molecule has 2 nitrogen and oxygen atoms in total. The third-order valence-electron chi connectivity index (χ3n) is 4.22. The Hall–Kier alpha value is -0.220. The fourth-order valence-corrected chi connectivity index (χ4v) is 3.35. The first-order chi connectivity index (χ1) is 8.59. The predicted octanol–water partition coefficient (Wildman–Crippen LogP) is 2.89. The molecule has 0 aromatic heterocycles. The molecule has 2 rings (SSSR count). The molecule has 2 atom stereocenters. The number of nitrogens with zero attached hydrogens (tertiary/aromatic N) is 1. The van der Waals surface area contributed by atoms with E-state index in [2.05, 4.69) is 17.1 Å². The van der Waals surface area contributed by atoms with Gasteiger partial charge in [0.05, 0.1) is 0 Å². The second-order valence-electron chi connectivity index (χ2n) is 6.02. The zero-order chi connectivity index (χ0) is 13.0. The summed E-state index contributed by atoms with van der Waals surface area (Å²) in [4.78, 5) is 2.41. The Kier molecular flexibility index (Phi) is 4.96. The van der Waals surface area contributed by atoms with E-state index < -0.39 is 5.92 Å². The molecule has 2 fully saturated rings. The van der Waals surface area contributed by atoms with E-state index in [1.807, 2.05) is 0 Å². The van der Waals surface area contributed by atoms with Crippen molar-refractivity contribution in [2.24, 2.45) is 5.92 Å². The lowest BCUT2D eigenvalue weighted by atomic mass is 10.1. The van der Waals surface area contributed by atoms with Crippen molar-refractivity contribution in [1.29, 1.82) is 0 Å². The van der Waals surface area contributed by atoms with Crippen LogP contribution in [0.4, 0.5) is 8.78 Å². The minimum absolute atomic E-state index is 0.0994. The molecule has 2 aliphatic rings. The fraction of sp³-hybridized carbons (Fsp3) is 1.00. The van der Waals surface area contributed by atoms with Gasteiger partial charge in [0.1, 0.15) is 0 Å². The van der Waals surface area contributed by atoms with E-state index in [9.17, 15) is 8.78 Å². The molecule has 1 N–H and O–H groups in total. The summed E-state index contributed by atoms with van der Waals surface area (Å²) in [5, 5.41) is 3.56. The molecule has 1 heterocycles. The predicted molar refractivity (Wildman–Crippen MR) is 70.0 cm³/mol. The van der Waals surface area contributed by atoms with E-state index in [1.165, 1.54) is 12.8 Å². The normalized spacial score (nSPS) is 33.5. The van der Waals surface area contributed by atoms with Crippen LogP contribution in [-0.2, 0) is 0 Å². The van der Waals surface area contributed by atoms with Gasteiger partial charge >= 0.3 is 0 Å². The van der Waals surface area contributed by atoms with Gasteiger partial charge < -0.3 is 10.2 Å². The van der Waals surface area contributed by atoms with E-state index in [-0.39, 0.29) is 18.8 Å². The summed E-state index contributed by atoms with van der Waals surface area (Å²) in [5.74, 6) is -2.18. The van der Waals surface area contributed by atoms with Gasteiger partial charge in [0.2, 0.25) is 5.92 Å². The number of halogens is 2. The van der Waals surface area contributed by atoms with Gasteiger partial charge in [-0.3, -0.25) is 0 Å². The SMILES string of the molecule is CCCC1CN(CC2CCC(F)(F)C2)CCCN1. The number of rotatable bonds is 4. The summed E-state index contributed by atoms with van der Waals surface area (Å²) in [6.07, 6.45) is 4.43. The Balaban J connectivity index is 1.80. The van der Waals surface area contributed by atoms with Crippen LogP contribution in [0.25, 0.3) is 0 Å². The van der Waals surface area contributed by atoms with Crippen molar-refractivity contribution in [1.82, 2.24) is 10.2 Å². The molecule has 4 heteroatoms. The maximum absolute atomic E-state index is 13.2. The standard InChI is InChI=1S/C14H26F2N2/c1-2-4-13-11-18(8-3-7-17-13)10-12-5-6-14(15,16)9-12/h12-13,17H,2-11H2,1H3. The molecule has 1 saturated carbocycles. The second-order valence-corrected chi connectivity index (χ2v) is 6.02. The summed E-state index contributed by atoms with van der Waals surface area (Å²) in [7, 11) is 0. The number of hydrogen-bond donors (Lipinski definition) is 1. The van der Waals surface area contributed by atoms with Crippen LogP contribution in [0, 0.1) is 5.92 Å². The number of hydrogen-bond acceptors (Lipinski definition) is 2. The zero-order valence-corrected chi connectivity index (χ0v) is 11.4. The number of alkyl halides is 2. The summed E-state index contributed by atoms with van der Waals surface area (Å²) in [5.41, 5.74) is 0. The minimum atomic E-state index is -2.39. The smallest absolute Gasteiger partial charge is 0.248 e. The summed E-state index contributed by atoms with van der Waals surface area (Å²) >= 11 is 0. The average molecular weight is 260 g/mol. The van der Waals surface area contributed by atoms with Crippen molar-refractivity contribution in [3.63, 3.8) is 0 Å². The van der Waals surface area contributed by atoms with E-state index in [1.54, 1.807) is 0 Å². The average Bonchev–Trinajstić information content (AvgIpc) is 2.50. The van der Waals surface area contributed by atoms with Gasteiger partial charge in [0.25, 0.3) is 0 Å². The first kappa shape index (κ1) is 14.2. The highest BCUT2D eigenvalue weighted by Crippen LogP contribution is 2.39. The van der Waals surface area contributed by atoms with Crippen LogP contribution in [0.15, 0.2) is 0 Å². The molecule has 0 bridgehead atoms. The van der Waals surface area contributed by atoms with Crippen molar-refractivity contribution >= 4 is 0 Å². The third kappa shape index (κ3) is 4.16. The van der Waals surface area contributed by atoms with E-state index in [0.717, 1.165) is 32.6 Å². The van der Waals surface area contributed by atoms with Crippen molar-refractivity contribution in [3.05, 3.63) is 0 Å². The van der Waals surface area contributed by atoms with Crippen LogP contribution in [0.5, 0.6) is 0 Å². The second kappa shape index (κ2) is 6.29. The van der Waals surface area contributed by atoms with Crippen molar-refractivity contribution in [2.45, 2.75) is 57.4 Å². The molecule has 0 aromatic carbocycles. The van der Waals surface area contributed by atoms with Gasteiger partial charge in [-0.05, 0) is 38.3 Å². The quantitative estimate of drug-likeness (QED) is 0.836. The summed E-state index contributed by atoms with van der Waals surface area (Å²) in [6, 6.07) is 0.555. The molecule has 2 unspecified atom stereocenters.